The van der Waals surface area contributed by atoms with Gasteiger partial charge in [0.1, 0.15) is 0 Å². The fourth-order valence-electron chi connectivity index (χ4n) is 8.66. The van der Waals surface area contributed by atoms with Crippen LogP contribution in [0.15, 0.2) is 0 Å². The molecule has 0 heterocycles. The van der Waals surface area contributed by atoms with Crippen molar-refractivity contribution in [1.82, 2.24) is 10.6 Å². The molecule has 0 aromatic heterocycles. The minimum absolute atomic E-state index is 0.619. The molecule has 0 amide bonds. The third-order valence-electron chi connectivity index (χ3n) is 9.85. The molecular formula is C24H42N2. The Kier molecular flexibility index (Phi) is 4.48. The summed E-state index contributed by atoms with van der Waals surface area (Å²) in [5.41, 5.74) is 1.31. The maximum Gasteiger partial charge on any atom is 0.0164 e. The molecule has 0 aliphatic heterocycles. The Morgan fingerprint density at radius 2 is 1.58 bits per heavy atom. The van der Waals surface area contributed by atoms with E-state index in [1.807, 2.05) is 0 Å². The Morgan fingerprint density at radius 1 is 0.923 bits per heavy atom. The number of fused-ring (bicyclic) bond motifs is 2. The van der Waals surface area contributed by atoms with Gasteiger partial charge in [0, 0.05) is 19.1 Å². The molecule has 7 fully saturated rings. The molecule has 7 aliphatic rings. The van der Waals surface area contributed by atoms with E-state index in [1.165, 1.54) is 51.6 Å². The maximum atomic E-state index is 3.95. The van der Waals surface area contributed by atoms with E-state index in [-0.39, 0.29) is 0 Å². The number of hydrogen-bond acceptors (Lipinski definition) is 2. The zero-order valence-electron chi connectivity index (χ0n) is 17.5. The average molecular weight is 359 g/mol. The van der Waals surface area contributed by atoms with Crippen molar-refractivity contribution < 1.29 is 0 Å². The van der Waals surface area contributed by atoms with Crippen molar-refractivity contribution in [3.63, 3.8) is 0 Å². The summed E-state index contributed by atoms with van der Waals surface area (Å²) < 4.78 is 0. The normalized spacial score (nSPS) is 49.0. The molecule has 148 valence electrons. The fraction of sp³-hybridized carbons (Fsp3) is 1.00. The van der Waals surface area contributed by atoms with E-state index in [0.29, 0.717) is 16.9 Å². The molecule has 0 aromatic rings. The summed E-state index contributed by atoms with van der Waals surface area (Å²) >= 11 is 0. The Hall–Kier alpha value is -0.0800. The van der Waals surface area contributed by atoms with E-state index in [1.54, 1.807) is 19.3 Å². The van der Waals surface area contributed by atoms with Crippen LogP contribution in [-0.2, 0) is 0 Å². The van der Waals surface area contributed by atoms with Crippen LogP contribution in [0.3, 0.4) is 0 Å². The molecule has 0 spiro atoms. The molecule has 1 unspecified atom stereocenters. The van der Waals surface area contributed by atoms with Crippen molar-refractivity contribution in [2.45, 2.75) is 84.6 Å². The van der Waals surface area contributed by atoms with Gasteiger partial charge in [0.25, 0.3) is 0 Å². The van der Waals surface area contributed by atoms with E-state index in [4.69, 9.17) is 0 Å². The first kappa shape index (κ1) is 18.0. The van der Waals surface area contributed by atoms with Crippen LogP contribution in [-0.4, -0.2) is 25.7 Å². The molecule has 0 saturated heterocycles. The Morgan fingerprint density at radius 3 is 2.15 bits per heavy atom. The Labute approximate surface area is 161 Å². The highest BCUT2D eigenvalue weighted by molar-refractivity contribution is 5.04. The quantitative estimate of drug-likeness (QED) is 0.680. The molecule has 7 saturated carbocycles. The highest BCUT2D eigenvalue weighted by Gasteiger charge is 2.54. The van der Waals surface area contributed by atoms with E-state index in [9.17, 15) is 0 Å². The van der Waals surface area contributed by atoms with Crippen LogP contribution in [0.1, 0.15) is 78.6 Å². The molecule has 7 rings (SSSR count). The van der Waals surface area contributed by atoms with Crippen molar-refractivity contribution in [3.05, 3.63) is 0 Å². The van der Waals surface area contributed by atoms with E-state index in [2.05, 4.69) is 31.4 Å². The lowest BCUT2D eigenvalue weighted by Gasteiger charge is -2.60. The maximum absolute atomic E-state index is 3.95. The average Bonchev–Trinajstić information content (AvgIpc) is 2.59. The zero-order valence-corrected chi connectivity index (χ0v) is 17.5. The second-order valence-electron chi connectivity index (χ2n) is 12.1. The largest absolute Gasteiger partial charge is 0.315 e. The third kappa shape index (κ3) is 3.08. The van der Waals surface area contributed by atoms with Gasteiger partial charge in [-0.15, -0.1) is 0 Å². The molecule has 6 bridgehead atoms. The fourth-order valence-corrected chi connectivity index (χ4v) is 8.66. The second kappa shape index (κ2) is 6.48. The Bertz CT molecular complexity index is 487. The first-order valence-corrected chi connectivity index (χ1v) is 11.9. The summed E-state index contributed by atoms with van der Waals surface area (Å²) in [5, 5.41) is 7.80. The molecule has 0 aromatic carbocycles. The molecule has 2 nitrogen and oxygen atoms in total. The highest BCUT2D eigenvalue weighted by Crippen LogP contribution is 2.61. The van der Waals surface area contributed by atoms with Crippen molar-refractivity contribution in [2.24, 2.45) is 46.3 Å². The molecule has 2 N–H and O–H groups in total. The van der Waals surface area contributed by atoms with Crippen LogP contribution in [0.5, 0.6) is 0 Å². The van der Waals surface area contributed by atoms with Gasteiger partial charge in [-0.05, 0) is 118 Å². The molecule has 2 heteroatoms. The van der Waals surface area contributed by atoms with Crippen molar-refractivity contribution in [2.75, 3.05) is 19.6 Å². The van der Waals surface area contributed by atoms with Crippen LogP contribution in [0.4, 0.5) is 0 Å². The lowest BCUT2D eigenvalue weighted by Crippen LogP contribution is -2.55. The van der Waals surface area contributed by atoms with Crippen LogP contribution in [0.2, 0.25) is 0 Å². The SMILES string of the molecule is CC(CNC[C@@H]1CC[C@H]2C[C@@H]1C2(C)C)NCC12CC3CC(CC(C3)C1)C2. The van der Waals surface area contributed by atoms with E-state index < -0.39 is 0 Å². The summed E-state index contributed by atoms with van der Waals surface area (Å²) in [6.45, 7) is 11.1. The molecule has 0 radical (unpaired) electrons. The summed E-state index contributed by atoms with van der Waals surface area (Å²) in [6.07, 6.45) is 13.8. The van der Waals surface area contributed by atoms with Gasteiger partial charge in [0.05, 0.1) is 0 Å². The summed E-state index contributed by atoms with van der Waals surface area (Å²) in [6, 6.07) is 0.619. The molecule has 26 heavy (non-hydrogen) atoms. The number of rotatable bonds is 7. The zero-order chi connectivity index (χ0) is 17.9. The lowest BCUT2D eigenvalue weighted by atomic mass is 9.45. The van der Waals surface area contributed by atoms with Gasteiger partial charge in [-0.25, -0.2) is 0 Å². The predicted molar refractivity (Wildman–Crippen MR) is 109 cm³/mol. The summed E-state index contributed by atoms with van der Waals surface area (Å²) in [5.74, 6) is 6.20. The van der Waals surface area contributed by atoms with E-state index >= 15 is 0 Å². The van der Waals surface area contributed by atoms with Crippen LogP contribution in [0.25, 0.3) is 0 Å². The van der Waals surface area contributed by atoms with Crippen LogP contribution in [0, 0.1) is 46.3 Å². The van der Waals surface area contributed by atoms with Gasteiger partial charge in [-0.3, -0.25) is 0 Å². The Balaban J connectivity index is 1.05. The number of hydrogen-bond donors (Lipinski definition) is 2. The van der Waals surface area contributed by atoms with E-state index in [0.717, 1.165) is 42.1 Å². The monoisotopic (exact) mass is 358 g/mol. The second-order valence-corrected chi connectivity index (χ2v) is 12.1. The summed E-state index contributed by atoms with van der Waals surface area (Å²) in [7, 11) is 0. The highest BCUT2D eigenvalue weighted by atomic mass is 15.0. The van der Waals surface area contributed by atoms with Gasteiger partial charge in [0.2, 0.25) is 0 Å². The summed E-state index contributed by atoms with van der Waals surface area (Å²) in [4.78, 5) is 0. The lowest BCUT2D eigenvalue weighted by molar-refractivity contribution is -0.103. The van der Waals surface area contributed by atoms with Crippen molar-refractivity contribution in [3.8, 4) is 0 Å². The minimum Gasteiger partial charge on any atom is -0.315 e. The first-order chi connectivity index (χ1) is 12.4. The van der Waals surface area contributed by atoms with Crippen LogP contribution >= 0.6 is 0 Å². The van der Waals surface area contributed by atoms with Crippen LogP contribution < -0.4 is 10.6 Å². The molecular weight excluding hydrogens is 316 g/mol. The number of nitrogens with one attached hydrogen (secondary N) is 2. The molecule has 7 aliphatic carbocycles. The standard InChI is InChI=1S/C24H42N2/c1-16(13-25-14-20-4-5-21-9-22(20)23(21,2)3)26-15-24-10-17-6-18(11-24)8-19(7-17)12-24/h16-22,25-26H,4-15H2,1-3H3/t16?,17?,18?,19?,20-,21-,22-,24?/m0/s1. The van der Waals surface area contributed by atoms with Gasteiger partial charge in [-0.1, -0.05) is 13.8 Å². The molecule has 4 atom stereocenters. The smallest absolute Gasteiger partial charge is 0.0164 e. The van der Waals surface area contributed by atoms with Gasteiger partial charge in [0.15, 0.2) is 0 Å². The predicted octanol–water partition coefficient (Wildman–Crippen LogP) is 4.84. The van der Waals surface area contributed by atoms with Crippen molar-refractivity contribution >= 4 is 0 Å². The van der Waals surface area contributed by atoms with Gasteiger partial charge < -0.3 is 10.6 Å². The first-order valence-electron chi connectivity index (χ1n) is 11.9. The van der Waals surface area contributed by atoms with Crippen molar-refractivity contribution in [1.29, 1.82) is 0 Å². The van der Waals surface area contributed by atoms with Gasteiger partial charge >= 0.3 is 0 Å². The third-order valence-corrected chi connectivity index (χ3v) is 9.85. The minimum atomic E-state index is 0.619. The van der Waals surface area contributed by atoms with Gasteiger partial charge in [-0.2, -0.15) is 0 Å². The topological polar surface area (TPSA) is 24.1 Å².